The summed E-state index contributed by atoms with van der Waals surface area (Å²) in [5.74, 6) is 1.10. The molecule has 2 aromatic rings. The summed E-state index contributed by atoms with van der Waals surface area (Å²) in [5, 5.41) is 2.40. The summed E-state index contributed by atoms with van der Waals surface area (Å²) in [6, 6.07) is 10.2. The Morgan fingerprint density at radius 3 is 2.60 bits per heavy atom. The largest absolute Gasteiger partial charge is 0.481 e. The van der Waals surface area contributed by atoms with E-state index in [0.717, 1.165) is 5.69 Å². The van der Waals surface area contributed by atoms with Crippen LogP contribution in [0, 0.1) is 0 Å². The molecule has 2 nitrogen and oxygen atoms in total. The first-order chi connectivity index (χ1) is 7.22. The Kier molecular flexibility index (Phi) is 2.58. The van der Waals surface area contributed by atoms with Crippen molar-refractivity contribution >= 4 is 10.8 Å². The van der Waals surface area contributed by atoms with Crippen molar-refractivity contribution in [3.05, 3.63) is 36.0 Å². The topological polar surface area (TPSA) is 22.1 Å². The lowest BCUT2D eigenvalue weighted by Crippen LogP contribution is -1.97. The molecule has 0 saturated carbocycles. The van der Waals surface area contributed by atoms with Crippen LogP contribution < -0.4 is 4.74 Å². The second-order valence-electron chi connectivity index (χ2n) is 3.93. The van der Waals surface area contributed by atoms with E-state index in [0.29, 0.717) is 11.8 Å². The molecule has 78 valence electrons. The number of hydrogen-bond acceptors (Lipinski definition) is 2. The zero-order valence-corrected chi connectivity index (χ0v) is 9.32. The first-order valence-corrected chi connectivity index (χ1v) is 5.16. The highest BCUT2D eigenvalue weighted by Crippen LogP contribution is 2.26. The van der Waals surface area contributed by atoms with E-state index in [1.54, 1.807) is 7.11 Å². The first kappa shape index (κ1) is 9.97. The SMILES string of the molecule is COc1cc2ccccc2c(C(C)C)n1. The minimum absolute atomic E-state index is 0.407. The van der Waals surface area contributed by atoms with Gasteiger partial charge in [0.2, 0.25) is 5.88 Å². The summed E-state index contributed by atoms with van der Waals surface area (Å²) in [4.78, 5) is 4.50. The van der Waals surface area contributed by atoms with Crippen LogP contribution in [0.1, 0.15) is 25.5 Å². The van der Waals surface area contributed by atoms with Gasteiger partial charge in [-0.05, 0) is 11.3 Å². The Morgan fingerprint density at radius 1 is 1.20 bits per heavy atom. The summed E-state index contributed by atoms with van der Waals surface area (Å²) in [6.07, 6.45) is 0. The van der Waals surface area contributed by atoms with E-state index in [1.807, 2.05) is 18.2 Å². The molecule has 0 fully saturated rings. The summed E-state index contributed by atoms with van der Waals surface area (Å²) in [5.41, 5.74) is 1.10. The molecule has 0 aliphatic carbocycles. The quantitative estimate of drug-likeness (QED) is 0.743. The Hall–Kier alpha value is -1.57. The summed E-state index contributed by atoms with van der Waals surface area (Å²) in [6.45, 7) is 4.29. The van der Waals surface area contributed by atoms with E-state index in [4.69, 9.17) is 4.74 Å². The predicted molar refractivity (Wildman–Crippen MR) is 62.4 cm³/mol. The van der Waals surface area contributed by atoms with Crippen LogP contribution in [0.4, 0.5) is 0 Å². The molecule has 0 atom stereocenters. The number of hydrogen-bond donors (Lipinski definition) is 0. The lowest BCUT2D eigenvalue weighted by molar-refractivity contribution is 0.396. The van der Waals surface area contributed by atoms with Gasteiger partial charge >= 0.3 is 0 Å². The maximum Gasteiger partial charge on any atom is 0.213 e. The molecule has 0 amide bonds. The third-order valence-electron chi connectivity index (χ3n) is 2.50. The van der Waals surface area contributed by atoms with Gasteiger partial charge in [0.15, 0.2) is 0 Å². The average Bonchev–Trinajstić information content (AvgIpc) is 2.27. The molecule has 2 heteroatoms. The van der Waals surface area contributed by atoms with E-state index in [9.17, 15) is 0 Å². The Labute approximate surface area is 89.9 Å². The maximum atomic E-state index is 5.20. The van der Waals surface area contributed by atoms with Gasteiger partial charge in [-0.1, -0.05) is 38.1 Å². The van der Waals surface area contributed by atoms with Crippen molar-refractivity contribution in [2.24, 2.45) is 0 Å². The Bertz CT molecular complexity index is 477. The third kappa shape index (κ3) is 1.80. The summed E-state index contributed by atoms with van der Waals surface area (Å²) < 4.78 is 5.20. The van der Waals surface area contributed by atoms with E-state index in [2.05, 4.69) is 31.0 Å². The van der Waals surface area contributed by atoms with Crippen LogP contribution >= 0.6 is 0 Å². The van der Waals surface area contributed by atoms with Crippen molar-refractivity contribution in [2.45, 2.75) is 19.8 Å². The van der Waals surface area contributed by atoms with E-state index < -0.39 is 0 Å². The third-order valence-corrected chi connectivity index (χ3v) is 2.50. The van der Waals surface area contributed by atoms with Crippen LogP contribution in [0.2, 0.25) is 0 Å². The van der Waals surface area contributed by atoms with Crippen LogP contribution in [0.5, 0.6) is 5.88 Å². The normalized spacial score (nSPS) is 10.9. The zero-order chi connectivity index (χ0) is 10.8. The van der Waals surface area contributed by atoms with E-state index in [1.165, 1.54) is 10.8 Å². The van der Waals surface area contributed by atoms with Crippen molar-refractivity contribution in [3.8, 4) is 5.88 Å². The fraction of sp³-hybridized carbons (Fsp3) is 0.308. The number of rotatable bonds is 2. The van der Waals surface area contributed by atoms with Gasteiger partial charge in [0.25, 0.3) is 0 Å². The summed E-state index contributed by atoms with van der Waals surface area (Å²) >= 11 is 0. The van der Waals surface area contributed by atoms with Crippen molar-refractivity contribution in [1.82, 2.24) is 4.98 Å². The van der Waals surface area contributed by atoms with Gasteiger partial charge < -0.3 is 4.74 Å². The van der Waals surface area contributed by atoms with Gasteiger partial charge in [0, 0.05) is 11.5 Å². The van der Waals surface area contributed by atoms with E-state index in [-0.39, 0.29) is 0 Å². The number of pyridine rings is 1. The van der Waals surface area contributed by atoms with Crippen LogP contribution in [0.25, 0.3) is 10.8 Å². The first-order valence-electron chi connectivity index (χ1n) is 5.16. The lowest BCUT2D eigenvalue weighted by atomic mass is 10.0. The van der Waals surface area contributed by atoms with Crippen LogP contribution in [-0.2, 0) is 0 Å². The molecule has 15 heavy (non-hydrogen) atoms. The van der Waals surface area contributed by atoms with Gasteiger partial charge in [0.05, 0.1) is 12.8 Å². The van der Waals surface area contributed by atoms with Gasteiger partial charge in [-0.3, -0.25) is 0 Å². The standard InChI is InChI=1S/C13H15NO/c1-9(2)13-11-7-5-4-6-10(11)8-12(14-13)15-3/h4-9H,1-3H3. The molecule has 0 N–H and O–H groups in total. The molecule has 1 aromatic heterocycles. The molecule has 1 heterocycles. The summed E-state index contributed by atoms with van der Waals surface area (Å²) in [7, 11) is 1.65. The molecule has 0 unspecified atom stereocenters. The molecule has 0 radical (unpaired) electrons. The van der Waals surface area contributed by atoms with Crippen molar-refractivity contribution in [2.75, 3.05) is 7.11 Å². The van der Waals surface area contributed by atoms with Gasteiger partial charge in [-0.25, -0.2) is 4.98 Å². The second kappa shape index (κ2) is 3.89. The van der Waals surface area contributed by atoms with E-state index >= 15 is 0 Å². The molecular weight excluding hydrogens is 186 g/mol. The molecule has 1 aromatic carbocycles. The van der Waals surface area contributed by atoms with Crippen molar-refractivity contribution < 1.29 is 4.74 Å². The monoisotopic (exact) mass is 201 g/mol. The molecule has 0 aliphatic rings. The Balaban J connectivity index is 2.74. The lowest BCUT2D eigenvalue weighted by Gasteiger charge is -2.10. The van der Waals surface area contributed by atoms with Gasteiger partial charge in [-0.15, -0.1) is 0 Å². The van der Waals surface area contributed by atoms with Crippen LogP contribution in [0.3, 0.4) is 0 Å². The number of nitrogens with zero attached hydrogens (tertiary/aromatic N) is 1. The predicted octanol–water partition coefficient (Wildman–Crippen LogP) is 3.37. The number of ether oxygens (including phenoxy) is 1. The number of aromatic nitrogens is 1. The van der Waals surface area contributed by atoms with Crippen molar-refractivity contribution in [3.63, 3.8) is 0 Å². The molecule has 0 spiro atoms. The minimum atomic E-state index is 0.407. The highest BCUT2D eigenvalue weighted by atomic mass is 16.5. The fourth-order valence-electron chi connectivity index (χ4n) is 1.75. The number of methoxy groups -OCH3 is 1. The molecule has 0 bridgehead atoms. The molecule has 2 rings (SSSR count). The van der Waals surface area contributed by atoms with Gasteiger partial charge in [-0.2, -0.15) is 0 Å². The zero-order valence-electron chi connectivity index (χ0n) is 9.32. The smallest absolute Gasteiger partial charge is 0.213 e. The fourth-order valence-corrected chi connectivity index (χ4v) is 1.75. The van der Waals surface area contributed by atoms with Crippen LogP contribution in [0.15, 0.2) is 30.3 Å². The average molecular weight is 201 g/mol. The molecule has 0 aliphatic heterocycles. The minimum Gasteiger partial charge on any atom is -0.481 e. The van der Waals surface area contributed by atoms with Crippen LogP contribution in [-0.4, -0.2) is 12.1 Å². The number of benzene rings is 1. The molecule has 0 saturated heterocycles. The highest BCUT2D eigenvalue weighted by molar-refractivity contribution is 5.85. The maximum absolute atomic E-state index is 5.20. The van der Waals surface area contributed by atoms with Crippen molar-refractivity contribution in [1.29, 1.82) is 0 Å². The Morgan fingerprint density at radius 2 is 1.93 bits per heavy atom. The second-order valence-corrected chi connectivity index (χ2v) is 3.93. The van der Waals surface area contributed by atoms with Gasteiger partial charge in [0.1, 0.15) is 0 Å². The highest BCUT2D eigenvalue weighted by Gasteiger charge is 2.08. The molecular formula is C13H15NO. The number of fused-ring (bicyclic) bond motifs is 1.